The number of hydrogen-bond donors (Lipinski definition) is 0. The number of aryl methyl sites for hydroxylation is 1. The number of carbonyl (C=O) groups is 1. The van der Waals surface area contributed by atoms with Crippen LogP contribution in [0, 0.1) is 11.3 Å². The van der Waals surface area contributed by atoms with Crippen LogP contribution in [0.5, 0.6) is 0 Å². The van der Waals surface area contributed by atoms with Gasteiger partial charge in [-0.05, 0) is 37.1 Å². The molecule has 6 heteroatoms. The molecule has 0 radical (unpaired) electrons. The maximum Gasteiger partial charge on any atom is 0.246 e. The molecule has 5 rings (SSSR count). The summed E-state index contributed by atoms with van der Waals surface area (Å²) in [5, 5.41) is 11.2. The summed E-state index contributed by atoms with van der Waals surface area (Å²) in [5.41, 5.74) is 3.17. The van der Waals surface area contributed by atoms with Crippen molar-refractivity contribution in [2.24, 2.45) is 0 Å². The van der Waals surface area contributed by atoms with Gasteiger partial charge in [0.25, 0.3) is 0 Å². The lowest BCUT2D eigenvalue weighted by Crippen LogP contribution is -2.36. The first kappa shape index (κ1) is 20.5. The van der Waals surface area contributed by atoms with Crippen LogP contribution in [0.2, 0.25) is 0 Å². The van der Waals surface area contributed by atoms with Crippen molar-refractivity contribution < 1.29 is 4.79 Å². The number of benzene rings is 2. The molecular weight excluding hydrogens is 416 g/mol. The third kappa shape index (κ3) is 4.04. The Bertz CT molecular complexity index is 1300. The topological polar surface area (TPSA) is 61.9 Å². The lowest BCUT2D eigenvalue weighted by molar-refractivity contribution is -0.126. The molecular formula is C26H24N4OS. The summed E-state index contributed by atoms with van der Waals surface area (Å²) in [6, 6.07) is 18.6. The van der Waals surface area contributed by atoms with E-state index >= 15 is 0 Å². The highest BCUT2D eigenvalue weighted by molar-refractivity contribution is 7.18. The Morgan fingerprint density at radius 2 is 1.94 bits per heavy atom. The minimum Gasteiger partial charge on any atom is -0.346 e. The molecule has 0 saturated carbocycles. The van der Waals surface area contributed by atoms with Gasteiger partial charge >= 0.3 is 0 Å². The number of nitriles is 1. The summed E-state index contributed by atoms with van der Waals surface area (Å²) >= 11 is 1.78. The number of fused-ring (bicyclic) bond motifs is 2. The molecule has 2 aromatic carbocycles. The normalized spacial score (nSPS) is 15.0. The van der Waals surface area contributed by atoms with Gasteiger partial charge in [-0.3, -0.25) is 4.79 Å². The second kappa shape index (κ2) is 8.97. The van der Waals surface area contributed by atoms with Crippen LogP contribution in [0.15, 0.2) is 60.8 Å². The lowest BCUT2D eigenvalue weighted by atomic mass is 9.97. The van der Waals surface area contributed by atoms with Crippen molar-refractivity contribution in [1.82, 2.24) is 14.5 Å². The molecule has 160 valence electrons. The van der Waals surface area contributed by atoms with Crippen LogP contribution >= 0.6 is 11.3 Å². The second-order valence-corrected chi connectivity index (χ2v) is 9.22. The average molecular weight is 441 g/mol. The first-order chi connectivity index (χ1) is 15.7. The Labute approximate surface area is 191 Å². The van der Waals surface area contributed by atoms with Gasteiger partial charge in [0.1, 0.15) is 0 Å². The molecule has 32 heavy (non-hydrogen) atoms. The Balaban J connectivity index is 1.25. The smallest absolute Gasteiger partial charge is 0.246 e. The van der Waals surface area contributed by atoms with E-state index < -0.39 is 0 Å². The molecule has 0 unspecified atom stereocenters. The van der Waals surface area contributed by atoms with Crippen LogP contribution in [0.3, 0.4) is 0 Å². The van der Waals surface area contributed by atoms with Gasteiger partial charge in [0.2, 0.25) is 5.91 Å². The third-order valence-corrected chi connectivity index (χ3v) is 7.35. The number of carbonyl (C=O) groups excluding carboxylic acids is 1. The minimum atomic E-state index is 0.0570. The van der Waals surface area contributed by atoms with E-state index in [0.717, 1.165) is 47.9 Å². The average Bonchev–Trinajstić information content (AvgIpc) is 3.43. The zero-order valence-electron chi connectivity index (χ0n) is 17.8. The number of likely N-dealkylation sites (tertiary alicyclic amines) is 1. The summed E-state index contributed by atoms with van der Waals surface area (Å²) in [5.74, 6) is 0.486. The van der Waals surface area contributed by atoms with Crippen LogP contribution in [-0.2, 0) is 11.3 Å². The van der Waals surface area contributed by atoms with Crippen molar-refractivity contribution in [3.8, 4) is 6.07 Å². The summed E-state index contributed by atoms with van der Waals surface area (Å²) in [6.07, 6.45) is 8.00. The molecule has 0 atom stereocenters. The van der Waals surface area contributed by atoms with Gasteiger partial charge in [-0.25, -0.2) is 4.98 Å². The van der Waals surface area contributed by atoms with E-state index in [4.69, 9.17) is 10.2 Å². The van der Waals surface area contributed by atoms with Gasteiger partial charge in [0.15, 0.2) is 0 Å². The number of rotatable bonds is 5. The fourth-order valence-corrected chi connectivity index (χ4v) is 5.58. The van der Waals surface area contributed by atoms with E-state index in [1.165, 1.54) is 9.71 Å². The Kier molecular flexibility index (Phi) is 5.74. The molecule has 5 nitrogen and oxygen atoms in total. The molecule has 3 heterocycles. The SMILES string of the molecule is N#CCCn1cc(C=CC(=O)N2CCC(c3nc4ccccc4s3)CC2)c2ccccc21. The standard InChI is InChI=1S/C26H24N4OS/c27-14-5-15-30-18-20(21-6-1-3-8-23(21)30)10-11-25(31)29-16-12-19(13-17-29)26-28-22-7-2-4-9-24(22)32-26/h1-4,6-11,18-19H,5,12-13,15-17H2. The first-order valence-corrected chi connectivity index (χ1v) is 11.8. The third-order valence-electron chi connectivity index (χ3n) is 6.16. The second-order valence-electron chi connectivity index (χ2n) is 8.16. The van der Waals surface area contributed by atoms with Gasteiger partial charge in [0, 0.05) is 54.3 Å². The lowest BCUT2D eigenvalue weighted by Gasteiger charge is -2.30. The van der Waals surface area contributed by atoms with Gasteiger partial charge in [0.05, 0.1) is 27.7 Å². The van der Waals surface area contributed by atoms with Gasteiger partial charge in [-0.1, -0.05) is 30.3 Å². The number of amides is 1. The highest BCUT2D eigenvalue weighted by atomic mass is 32.1. The van der Waals surface area contributed by atoms with Crippen LogP contribution in [0.1, 0.15) is 35.8 Å². The predicted molar refractivity (Wildman–Crippen MR) is 129 cm³/mol. The minimum absolute atomic E-state index is 0.0570. The Morgan fingerprint density at radius 1 is 1.16 bits per heavy atom. The fraction of sp³-hybridized carbons (Fsp3) is 0.269. The van der Waals surface area contributed by atoms with Crippen LogP contribution in [-0.4, -0.2) is 33.4 Å². The van der Waals surface area contributed by atoms with Gasteiger partial charge < -0.3 is 9.47 Å². The van der Waals surface area contributed by atoms with Crippen molar-refractivity contribution in [1.29, 1.82) is 5.26 Å². The molecule has 0 N–H and O–H groups in total. The summed E-state index contributed by atoms with van der Waals surface area (Å²) in [7, 11) is 0. The van der Waals surface area contributed by atoms with Gasteiger partial charge in [-0.2, -0.15) is 5.26 Å². The summed E-state index contributed by atoms with van der Waals surface area (Å²) in [4.78, 5) is 19.6. The predicted octanol–water partition coefficient (Wildman–Crippen LogP) is 5.58. The number of hydrogen-bond acceptors (Lipinski definition) is 4. The summed E-state index contributed by atoms with van der Waals surface area (Å²) in [6.45, 7) is 2.17. The largest absolute Gasteiger partial charge is 0.346 e. The van der Waals surface area contributed by atoms with E-state index in [-0.39, 0.29) is 5.91 Å². The Hall–Kier alpha value is -3.43. The number of piperidine rings is 1. The monoisotopic (exact) mass is 440 g/mol. The molecule has 2 aromatic heterocycles. The maximum atomic E-state index is 12.8. The van der Waals surface area contributed by atoms with Crippen molar-refractivity contribution in [3.63, 3.8) is 0 Å². The molecule has 0 bridgehead atoms. The van der Waals surface area contributed by atoms with E-state index in [0.29, 0.717) is 18.9 Å². The van der Waals surface area contributed by atoms with Crippen LogP contribution in [0.4, 0.5) is 0 Å². The quantitative estimate of drug-likeness (QED) is 0.380. The first-order valence-electron chi connectivity index (χ1n) is 11.0. The number of nitrogens with zero attached hydrogens (tertiary/aromatic N) is 4. The molecule has 0 aliphatic carbocycles. The zero-order valence-corrected chi connectivity index (χ0v) is 18.6. The van der Waals surface area contributed by atoms with Crippen molar-refractivity contribution >= 4 is 44.4 Å². The van der Waals surface area contributed by atoms with Crippen molar-refractivity contribution in [2.45, 2.75) is 31.7 Å². The van der Waals surface area contributed by atoms with E-state index in [1.54, 1.807) is 17.4 Å². The molecule has 1 fully saturated rings. The number of thiazole rings is 1. The van der Waals surface area contributed by atoms with Gasteiger partial charge in [-0.15, -0.1) is 11.3 Å². The van der Waals surface area contributed by atoms with Crippen molar-refractivity contribution in [2.75, 3.05) is 13.1 Å². The molecule has 1 aliphatic rings. The Morgan fingerprint density at radius 3 is 2.75 bits per heavy atom. The van der Waals surface area contributed by atoms with Crippen molar-refractivity contribution in [3.05, 3.63) is 71.4 Å². The maximum absolute atomic E-state index is 12.8. The zero-order chi connectivity index (χ0) is 21.9. The van der Waals surface area contributed by atoms with Crippen LogP contribution in [0.25, 0.3) is 27.2 Å². The summed E-state index contributed by atoms with van der Waals surface area (Å²) < 4.78 is 3.32. The van der Waals surface area contributed by atoms with E-state index in [1.807, 2.05) is 35.4 Å². The molecule has 0 spiro atoms. The fourth-order valence-electron chi connectivity index (χ4n) is 4.44. The molecule has 1 saturated heterocycles. The molecule has 4 aromatic rings. The highest BCUT2D eigenvalue weighted by Crippen LogP contribution is 2.34. The molecule has 1 aliphatic heterocycles. The highest BCUT2D eigenvalue weighted by Gasteiger charge is 2.25. The number of para-hydroxylation sites is 2. The van der Waals surface area contributed by atoms with E-state index in [9.17, 15) is 4.79 Å². The number of aromatic nitrogens is 2. The molecule has 1 amide bonds. The van der Waals surface area contributed by atoms with E-state index in [2.05, 4.69) is 41.0 Å². The van der Waals surface area contributed by atoms with Crippen LogP contribution < -0.4 is 0 Å².